The van der Waals surface area contributed by atoms with Crippen LogP contribution in [-0.4, -0.2) is 40.4 Å². The van der Waals surface area contributed by atoms with Gasteiger partial charge < -0.3 is 10.3 Å². The third-order valence-electron chi connectivity index (χ3n) is 2.71. The van der Waals surface area contributed by atoms with Crippen LogP contribution in [-0.2, 0) is 0 Å². The second kappa shape index (κ2) is 6.26. The van der Waals surface area contributed by atoms with Crippen molar-refractivity contribution in [2.75, 3.05) is 30.0 Å². The van der Waals surface area contributed by atoms with Crippen LogP contribution >= 0.6 is 23.4 Å². The second-order valence-electron chi connectivity index (χ2n) is 3.93. The molecule has 1 aromatic heterocycles. The van der Waals surface area contributed by atoms with E-state index in [1.165, 1.54) is 0 Å². The van der Waals surface area contributed by atoms with Gasteiger partial charge in [0.1, 0.15) is 11.5 Å². The van der Waals surface area contributed by atoms with Crippen LogP contribution in [0.3, 0.4) is 0 Å². The Morgan fingerprint density at radius 2 is 2.28 bits per heavy atom. The standard InChI is InChI=1S/C11H15ClN4OS/c12-8-2-3-9(15-13)14-10(8)11(17)16-4-1-6-18-7-5-16/h2-3H,1,4-7,13H2,(H,14,15). The van der Waals surface area contributed by atoms with E-state index < -0.39 is 0 Å². The first-order valence-corrected chi connectivity index (χ1v) is 7.26. The topological polar surface area (TPSA) is 71.2 Å². The molecule has 0 radical (unpaired) electrons. The van der Waals surface area contributed by atoms with Gasteiger partial charge in [0.2, 0.25) is 0 Å². The minimum atomic E-state index is -0.125. The number of nitrogens with two attached hydrogens (primary N) is 1. The third kappa shape index (κ3) is 3.07. The summed E-state index contributed by atoms with van der Waals surface area (Å²) in [6.07, 6.45) is 1.00. The average molecular weight is 287 g/mol. The molecule has 5 nitrogen and oxygen atoms in total. The van der Waals surface area contributed by atoms with Crippen molar-refractivity contribution in [3.8, 4) is 0 Å². The molecule has 1 aliphatic heterocycles. The predicted octanol–water partition coefficient (Wildman–Crippen LogP) is 1.60. The van der Waals surface area contributed by atoms with Gasteiger partial charge in [0, 0.05) is 18.8 Å². The van der Waals surface area contributed by atoms with Crippen molar-refractivity contribution < 1.29 is 4.79 Å². The smallest absolute Gasteiger partial charge is 0.274 e. The number of aromatic nitrogens is 1. The quantitative estimate of drug-likeness (QED) is 0.638. The summed E-state index contributed by atoms with van der Waals surface area (Å²) < 4.78 is 0. The monoisotopic (exact) mass is 286 g/mol. The van der Waals surface area contributed by atoms with Gasteiger partial charge in [-0.15, -0.1) is 0 Å². The molecule has 2 heterocycles. The predicted molar refractivity (Wildman–Crippen MR) is 74.9 cm³/mol. The van der Waals surface area contributed by atoms with E-state index >= 15 is 0 Å². The van der Waals surface area contributed by atoms with Gasteiger partial charge in [-0.2, -0.15) is 11.8 Å². The van der Waals surface area contributed by atoms with E-state index in [9.17, 15) is 4.79 Å². The summed E-state index contributed by atoms with van der Waals surface area (Å²) in [5.41, 5.74) is 2.68. The number of nitrogens with one attached hydrogen (secondary N) is 1. The number of amides is 1. The molecule has 0 unspecified atom stereocenters. The number of hydrogen-bond acceptors (Lipinski definition) is 5. The Balaban J connectivity index is 2.21. The van der Waals surface area contributed by atoms with Gasteiger partial charge in [-0.25, -0.2) is 10.8 Å². The number of hydrogen-bond donors (Lipinski definition) is 2. The maximum Gasteiger partial charge on any atom is 0.274 e. The van der Waals surface area contributed by atoms with Crippen LogP contribution in [0.5, 0.6) is 0 Å². The van der Waals surface area contributed by atoms with Crippen LogP contribution in [0.25, 0.3) is 0 Å². The molecular weight excluding hydrogens is 272 g/mol. The normalized spacial score (nSPS) is 16.2. The van der Waals surface area contributed by atoms with Gasteiger partial charge in [0.15, 0.2) is 0 Å². The number of carbonyl (C=O) groups is 1. The summed E-state index contributed by atoms with van der Waals surface area (Å²) in [7, 11) is 0. The number of carbonyl (C=O) groups excluding carboxylic acids is 1. The summed E-state index contributed by atoms with van der Waals surface area (Å²) in [5, 5.41) is 0.357. The van der Waals surface area contributed by atoms with Crippen LogP contribution < -0.4 is 11.3 Å². The highest BCUT2D eigenvalue weighted by atomic mass is 35.5. The van der Waals surface area contributed by atoms with E-state index in [2.05, 4.69) is 10.4 Å². The van der Waals surface area contributed by atoms with Crippen molar-refractivity contribution in [3.05, 3.63) is 22.8 Å². The summed E-state index contributed by atoms with van der Waals surface area (Å²) in [4.78, 5) is 18.3. The maximum absolute atomic E-state index is 12.3. The molecule has 7 heteroatoms. The Kier molecular flexibility index (Phi) is 4.68. The van der Waals surface area contributed by atoms with Crippen molar-refractivity contribution in [1.29, 1.82) is 0 Å². The fourth-order valence-corrected chi connectivity index (χ4v) is 2.84. The van der Waals surface area contributed by atoms with Gasteiger partial charge in [0.25, 0.3) is 5.91 Å². The lowest BCUT2D eigenvalue weighted by Crippen LogP contribution is -2.33. The van der Waals surface area contributed by atoms with E-state index in [-0.39, 0.29) is 11.6 Å². The van der Waals surface area contributed by atoms with Crippen molar-refractivity contribution in [1.82, 2.24) is 9.88 Å². The number of nitrogen functional groups attached to an aromatic ring is 1. The first-order chi connectivity index (χ1) is 8.72. The molecule has 18 heavy (non-hydrogen) atoms. The second-order valence-corrected chi connectivity index (χ2v) is 5.56. The highest BCUT2D eigenvalue weighted by Gasteiger charge is 2.21. The van der Waals surface area contributed by atoms with Gasteiger partial charge in [0.05, 0.1) is 5.02 Å². The highest BCUT2D eigenvalue weighted by molar-refractivity contribution is 7.99. The Morgan fingerprint density at radius 1 is 1.44 bits per heavy atom. The van der Waals surface area contributed by atoms with Crippen LogP contribution in [0.15, 0.2) is 12.1 Å². The molecule has 0 bridgehead atoms. The van der Waals surface area contributed by atoms with E-state index in [4.69, 9.17) is 17.4 Å². The summed E-state index contributed by atoms with van der Waals surface area (Å²) in [6.45, 7) is 1.49. The molecule has 0 aliphatic carbocycles. The molecule has 1 saturated heterocycles. The van der Waals surface area contributed by atoms with E-state index in [1.54, 1.807) is 17.0 Å². The molecular formula is C11H15ClN4OS. The lowest BCUT2D eigenvalue weighted by Gasteiger charge is -2.20. The largest absolute Gasteiger partial charge is 0.336 e. The van der Waals surface area contributed by atoms with Crippen molar-refractivity contribution in [3.63, 3.8) is 0 Å². The zero-order chi connectivity index (χ0) is 13.0. The Hall–Kier alpha value is -0.980. The number of hydrazine groups is 1. The molecule has 0 saturated carbocycles. The van der Waals surface area contributed by atoms with Crippen molar-refractivity contribution >= 4 is 35.1 Å². The number of pyridine rings is 1. The van der Waals surface area contributed by atoms with Gasteiger partial charge in [-0.1, -0.05) is 11.6 Å². The van der Waals surface area contributed by atoms with Crippen LogP contribution in [0.1, 0.15) is 16.9 Å². The minimum absolute atomic E-state index is 0.125. The molecule has 1 aromatic rings. The highest BCUT2D eigenvalue weighted by Crippen LogP contribution is 2.19. The lowest BCUT2D eigenvalue weighted by atomic mass is 10.3. The summed E-state index contributed by atoms with van der Waals surface area (Å²) >= 11 is 7.89. The molecule has 1 aliphatic rings. The molecule has 3 N–H and O–H groups in total. The first-order valence-electron chi connectivity index (χ1n) is 5.72. The fourth-order valence-electron chi connectivity index (χ4n) is 1.77. The summed E-state index contributed by atoms with van der Waals surface area (Å²) in [5.74, 6) is 7.65. The Labute approximate surface area is 115 Å². The van der Waals surface area contributed by atoms with Crippen LogP contribution in [0.2, 0.25) is 5.02 Å². The molecule has 1 amide bonds. The van der Waals surface area contributed by atoms with E-state index in [0.717, 1.165) is 31.0 Å². The van der Waals surface area contributed by atoms with Crippen LogP contribution in [0, 0.1) is 0 Å². The fraction of sp³-hybridized carbons (Fsp3) is 0.455. The third-order valence-corrected chi connectivity index (χ3v) is 4.06. The zero-order valence-corrected chi connectivity index (χ0v) is 11.4. The minimum Gasteiger partial charge on any atom is -0.336 e. The number of nitrogens with zero attached hydrogens (tertiary/aromatic N) is 2. The molecule has 0 aromatic carbocycles. The van der Waals surface area contributed by atoms with Crippen molar-refractivity contribution in [2.24, 2.45) is 5.84 Å². The number of thioether (sulfide) groups is 1. The number of rotatable bonds is 2. The van der Waals surface area contributed by atoms with Crippen molar-refractivity contribution in [2.45, 2.75) is 6.42 Å². The van der Waals surface area contributed by atoms with Gasteiger partial charge >= 0.3 is 0 Å². The number of anilines is 1. The van der Waals surface area contributed by atoms with Gasteiger partial charge in [-0.3, -0.25) is 4.79 Å². The molecule has 2 rings (SSSR count). The van der Waals surface area contributed by atoms with Gasteiger partial charge in [-0.05, 0) is 24.3 Å². The maximum atomic E-state index is 12.3. The molecule has 1 fully saturated rings. The van der Waals surface area contributed by atoms with Crippen LogP contribution in [0.4, 0.5) is 5.82 Å². The lowest BCUT2D eigenvalue weighted by molar-refractivity contribution is 0.0763. The number of halogens is 1. The average Bonchev–Trinajstić information content (AvgIpc) is 2.67. The molecule has 0 atom stereocenters. The molecule has 0 spiro atoms. The SMILES string of the molecule is NNc1ccc(Cl)c(C(=O)N2CCCSCC2)n1. The summed E-state index contributed by atoms with van der Waals surface area (Å²) in [6, 6.07) is 3.26. The Morgan fingerprint density at radius 3 is 3.06 bits per heavy atom. The first kappa shape index (κ1) is 13.5. The Bertz CT molecular complexity index is 435. The zero-order valence-electron chi connectivity index (χ0n) is 9.86. The molecule has 98 valence electrons. The van der Waals surface area contributed by atoms with E-state index in [1.807, 2.05) is 11.8 Å². The van der Waals surface area contributed by atoms with E-state index in [0.29, 0.717) is 10.8 Å².